The van der Waals surface area contributed by atoms with Crippen molar-refractivity contribution in [1.82, 2.24) is 0 Å². The van der Waals surface area contributed by atoms with Gasteiger partial charge in [-0.05, 0) is 29.9 Å². The van der Waals surface area contributed by atoms with Crippen molar-refractivity contribution in [2.24, 2.45) is 5.16 Å². The average molecular weight is 375 g/mol. The van der Waals surface area contributed by atoms with Gasteiger partial charge >= 0.3 is 5.97 Å². The summed E-state index contributed by atoms with van der Waals surface area (Å²) in [7, 11) is 0. The predicted octanol–water partition coefficient (Wildman–Crippen LogP) is 5.26. The summed E-state index contributed by atoms with van der Waals surface area (Å²) in [6.45, 7) is 1.83. The average Bonchev–Trinajstić information content (AvgIpc) is 2.75. The Kier molecular flexibility index (Phi) is 6.09. The molecule has 3 rings (SSSR count). The zero-order chi connectivity index (χ0) is 19.1. The van der Waals surface area contributed by atoms with Crippen LogP contribution in [0.4, 0.5) is 0 Å². The van der Waals surface area contributed by atoms with Gasteiger partial charge in [-0.25, -0.2) is 4.79 Å². The van der Waals surface area contributed by atoms with Gasteiger partial charge in [0.15, 0.2) is 4.75 Å². The maximum atomic E-state index is 13.3. The van der Waals surface area contributed by atoms with Gasteiger partial charge in [0.05, 0.1) is 5.71 Å². The van der Waals surface area contributed by atoms with E-state index < -0.39 is 10.7 Å². The Bertz CT molecular complexity index is 869. The predicted molar refractivity (Wildman–Crippen MR) is 112 cm³/mol. The van der Waals surface area contributed by atoms with Crippen molar-refractivity contribution in [3.05, 3.63) is 108 Å². The molecule has 27 heavy (non-hydrogen) atoms. The van der Waals surface area contributed by atoms with Crippen molar-refractivity contribution < 1.29 is 9.63 Å². The molecule has 0 aliphatic carbocycles. The van der Waals surface area contributed by atoms with Crippen LogP contribution in [0, 0.1) is 0 Å². The Morgan fingerprint density at radius 1 is 0.815 bits per heavy atom. The Balaban J connectivity index is 1.99. The van der Waals surface area contributed by atoms with Crippen LogP contribution in [-0.2, 0) is 14.4 Å². The minimum atomic E-state index is -0.983. The largest absolute Gasteiger partial charge is 0.359 e. The normalized spacial score (nSPS) is 11.9. The summed E-state index contributed by atoms with van der Waals surface area (Å²) in [5.74, 6) is -0.414. The summed E-state index contributed by atoms with van der Waals surface area (Å²) in [6, 6.07) is 29.0. The van der Waals surface area contributed by atoms with Crippen molar-refractivity contribution in [3.63, 3.8) is 0 Å². The number of hydrogen-bond donors (Lipinski definition) is 0. The number of benzene rings is 3. The highest BCUT2D eigenvalue weighted by Crippen LogP contribution is 2.42. The molecule has 0 atom stereocenters. The summed E-state index contributed by atoms with van der Waals surface area (Å²) < 4.78 is -0.983. The minimum absolute atomic E-state index is 0.414. The Labute approximate surface area is 164 Å². The van der Waals surface area contributed by atoms with E-state index >= 15 is 0 Å². The second kappa shape index (κ2) is 8.69. The van der Waals surface area contributed by atoms with Gasteiger partial charge < -0.3 is 4.84 Å². The van der Waals surface area contributed by atoms with Crippen LogP contribution in [0.25, 0.3) is 0 Å². The first-order valence-electron chi connectivity index (χ1n) is 8.66. The van der Waals surface area contributed by atoms with Gasteiger partial charge in [-0.15, -0.1) is 11.8 Å². The lowest BCUT2D eigenvalue weighted by Crippen LogP contribution is -2.34. The van der Waals surface area contributed by atoms with Gasteiger partial charge in [-0.3, -0.25) is 0 Å². The lowest BCUT2D eigenvalue weighted by atomic mass is 9.90. The van der Waals surface area contributed by atoms with Crippen LogP contribution >= 0.6 is 11.8 Å². The molecule has 0 saturated heterocycles. The molecule has 136 valence electrons. The Hall–Kier alpha value is -2.85. The molecular formula is C23H21NO2S. The van der Waals surface area contributed by atoms with E-state index in [0.717, 1.165) is 16.7 Å². The van der Waals surface area contributed by atoms with E-state index in [1.165, 1.54) is 11.8 Å². The molecular weight excluding hydrogens is 354 g/mol. The lowest BCUT2D eigenvalue weighted by molar-refractivity contribution is -0.145. The molecule has 3 nitrogen and oxygen atoms in total. The first-order chi connectivity index (χ1) is 13.2. The van der Waals surface area contributed by atoms with E-state index in [-0.39, 0.29) is 0 Å². The molecule has 3 aromatic rings. The van der Waals surface area contributed by atoms with E-state index in [1.807, 2.05) is 104 Å². The third kappa shape index (κ3) is 3.96. The number of rotatable bonds is 6. The molecule has 0 spiro atoms. The van der Waals surface area contributed by atoms with Crippen molar-refractivity contribution in [2.45, 2.75) is 11.7 Å². The fourth-order valence-electron chi connectivity index (χ4n) is 2.97. The number of carbonyl (C=O) groups is 1. The molecule has 0 unspecified atom stereocenters. The zero-order valence-electron chi connectivity index (χ0n) is 15.3. The van der Waals surface area contributed by atoms with Crippen LogP contribution in [0.15, 0.2) is 96.2 Å². The molecule has 0 fully saturated rings. The minimum Gasteiger partial charge on any atom is -0.316 e. The first kappa shape index (κ1) is 18.9. The van der Waals surface area contributed by atoms with Crippen LogP contribution in [0.1, 0.15) is 23.6 Å². The van der Waals surface area contributed by atoms with Crippen molar-refractivity contribution >= 4 is 23.4 Å². The number of carbonyl (C=O) groups excluding carboxylic acids is 1. The molecule has 0 saturated carbocycles. The van der Waals surface area contributed by atoms with Crippen LogP contribution in [0.3, 0.4) is 0 Å². The van der Waals surface area contributed by atoms with Crippen LogP contribution in [0.2, 0.25) is 0 Å². The van der Waals surface area contributed by atoms with Gasteiger partial charge in [0.1, 0.15) is 0 Å². The topological polar surface area (TPSA) is 38.7 Å². The van der Waals surface area contributed by atoms with Crippen molar-refractivity contribution in [1.29, 1.82) is 0 Å². The second-order valence-electron chi connectivity index (χ2n) is 6.04. The van der Waals surface area contributed by atoms with Gasteiger partial charge in [0.2, 0.25) is 0 Å². The molecule has 0 radical (unpaired) electrons. The summed E-state index contributed by atoms with van der Waals surface area (Å²) in [4.78, 5) is 18.7. The van der Waals surface area contributed by atoms with E-state index in [2.05, 4.69) is 5.16 Å². The number of thioether (sulfide) groups is 1. The van der Waals surface area contributed by atoms with Crippen LogP contribution in [0.5, 0.6) is 0 Å². The number of hydrogen-bond acceptors (Lipinski definition) is 4. The Morgan fingerprint density at radius 3 is 1.70 bits per heavy atom. The summed E-state index contributed by atoms with van der Waals surface area (Å²) in [5.41, 5.74) is 3.29. The lowest BCUT2D eigenvalue weighted by Gasteiger charge is -2.29. The number of nitrogens with zero attached hydrogens (tertiary/aromatic N) is 1. The van der Waals surface area contributed by atoms with Crippen LogP contribution in [-0.4, -0.2) is 17.9 Å². The monoisotopic (exact) mass is 375 g/mol. The second-order valence-corrected chi connectivity index (χ2v) is 7.06. The highest BCUT2D eigenvalue weighted by molar-refractivity contribution is 8.00. The van der Waals surface area contributed by atoms with Gasteiger partial charge in [-0.1, -0.05) is 96.2 Å². The molecule has 0 N–H and O–H groups in total. The third-order valence-corrected chi connectivity index (χ3v) is 5.66. The summed E-state index contributed by atoms with van der Waals surface area (Å²) in [5, 5.41) is 4.11. The maximum Gasteiger partial charge on any atom is 0.359 e. The van der Waals surface area contributed by atoms with E-state index in [0.29, 0.717) is 5.71 Å². The number of oxime groups is 1. The molecule has 0 aliphatic heterocycles. The van der Waals surface area contributed by atoms with Gasteiger partial charge in [-0.2, -0.15) is 0 Å². The smallest absolute Gasteiger partial charge is 0.316 e. The summed E-state index contributed by atoms with van der Waals surface area (Å²) in [6.07, 6.45) is 1.91. The zero-order valence-corrected chi connectivity index (χ0v) is 16.1. The fraction of sp³-hybridized carbons (Fsp3) is 0.130. The standard InChI is InChI=1S/C23H21NO2S/c1-18(19-12-6-3-7-13-19)24-26-22(25)23(27-2,20-14-8-4-9-15-20)21-16-10-5-11-17-21/h3-17H,1-2H3. The fourth-order valence-corrected chi connectivity index (χ4v) is 3.92. The van der Waals surface area contributed by atoms with E-state index in [4.69, 9.17) is 4.84 Å². The van der Waals surface area contributed by atoms with Gasteiger partial charge in [0.25, 0.3) is 0 Å². The molecule has 3 aromatic carbocycles. The van der Waals surface area contributed by atoms with Crippen molar-refractivity contribution in [3.8, 4) is 0 Å². The van der Waals surface area contributed by atoms with Gasteiger partial charge in [0, 0.05) is 0 Å². The van der Waals surface area contributed by atoms with Crippen LogP contribution < -0.4 is 0 Å². The van der Waals surface area contributed by atoms with E-state index in [9.17, 15) is 4.79 Å². The molecule has 0 amide bonds. The Morgan fingerprint density at radius 2 is 1.26 bits per heavy atom. The molecule has 0 aromatic heterocycles. The van der Waals surface area contributed by atoms with Crippen molar-refractivity contribution in [2.75, 3.05) is 6.26 Å². The highest BCUT2D eigenvalue weighted by Gasteiger charge is 2.43. The summed E-state index contributed by atoms with van der Waals surface area (Å²) >= 11 is 1.44. The quantitative estimate of drug-likeness (QED) is 0.335. The first-order valence-corrected chi connectivity index (χ1v) is 9.88. The maximum absolute atomic E-state index is 13.3. The molecule has 0 heterocycles. The highest BCUT2D eigenvalue weighted by atomic mass is 32.2. The molecule has 0 aliphatic rings. The third-order valence-electron chi connectivity index (χ3n) is 4.41. The molecule has 0 bridgehead atoms. The molecule has 4 heteroatoms. The SMILES string of the molecule is CSC(C(=O)ON=C(C)c1ccccc1)(c1ccccc1)c1ccccc1. The van der Waals surface area contributed by atoms with E-state index in [1.54, 1.807) is 0 Å².